The highest BCUT2D eigenvalue weighted by Gasteiger charge is 2.25. The van der Waals surface area contributed by atoms with Crippen LogP contribution in [-0.2, 0) is 0 Å². The molecule has 0 bridgehead atoms. The molecule has 1 fully saturated rings. The van der Waals surface area contributed by atoms with Crippen LogP contribution in [-0.4, -0.2) is 12.6 Å². The zero-order valence-corrected chi connectivity index (χ0v) is 20.2. The predicted octanol–water partition coefficient (Wildman–Crippen LogP) is 8.24. The van der Waals surface area contributed by atoms with E-state index >= 15 is 0 Å². The number of rotatable bonds is 8. The maximum atomic E-state index is 15.0. The van der Waals surface area contributed by atoms with Gasteiger partial charge in [0.15, 0.2) is 23.2 Å². The standard InChI is InChI=1S/C30H29F3O3/c1-3-4-17-35-23-13-16-27(26(31)18-23)36-30(34)22-11-9-21(10-12-22)25-15-14-24(28(32)29(25)33)20-7-5-19(2)6-8-20/h3,9-16,18-20H,1,4-8,17H2,2H3. The van der Waals surface area contributed by atoms with Crippen molar-refractivity contribution < 1.29 is 27.4 Å². The van der Waals surface area contributed by atoms with E-state index in [0.717, 1.165) is 31.7 Å². The van der Waals surface area contributed by atoms with Crippen LogP contribution < -0.4 is 9.47 Å². The Morgan fingerprint density at radius 3 is 2.36 bits per heavy atom. The van der Waals surface area contributed by atoms with Crippen molar-refractivity contribution >= 4 is 5.97 Å². The highest BCUT2D eigenvalue weighted by molar-refractivity contribution is 5.91. The van der Waals surface area contributed by atoms with E-state index in [9.17, 15) is 18.0 Å². The lowest BCUT2D eigenvalue weighted by Crippen LogP contribution is -2.13. The minimum absolute atomic E-state index is 0.0371. The summed E-state index contributed by atoms with van der Waals surface area (Å²) in [6.45, 7) is 6.14. The number of esters is 1. The van der Waals surface area contributed by atoms with Crippen LogP contribution in [0.3, 0.4) is 0 Å². The van der Waals surface area contributed by atoms with E-state index in [1.807, 2.05) is 0 Å². The van der Waals surface area contributed by atoms with Gasteiger partial charge in [-0.3, -0.25) is 0 Å². The second kappa shape index (κ2) is 11.5. The summed E-state index contributed by atoms with van der Waals surface area (Å²) in [7, 11) is 0. The van der Waals surface area contributed by atoms with Gasteiger partial charge in [0, 0.05) is 11.6 Å². The lowest BCUT2D eigenvalue weighted by molar-refractivity contribution is 0.0727. The molecule has 1 aliphatic rings. The third kappa shape index (κ3) is 5.81. The van der Waals surface area contributed by atoms with Crippen molar-refractivity contribution in [3.8, 4) is 22.6 Å². The summed E-state index contributed by atoms with van der Waals surface area (Å²) in [6, 6.07) is 13.1. The first-order valence-corrected chi connectivity index (χ1v) is 12.2. The maximum Gasteiger partial charge on any atom is 0.343 e. The van der Waals surface area contributed by atoms with E-state index in [2.05, 4.69) is 13.5 Å². The number of benzene rings is 3. The van der Waals surface area contributed by atoms with E-state index in [-0.39, 0.29) is 22.8 Å². The number of carbonyl (C=O) groups is 1. The second-order valence-corrected chi connectivity index (χ2v) is 9.27. The van der Waals surface area contributed by atoms with E-state index in [1.165, 1.54) is 36.4 Å². The van der Waals surface area contributed by atoms with Crippen molar-refractivity contribution in [1.82, 2.24) is 0 Å². The quantitative estimate of drug-likeness (QED) is 0.137. The van der Waals surface area contributed by atoms with Crippen LogP contribution in [0.5, 0.6) is 11.5 Å². The number of ether oxygens (including phenoxy) is 2. The fourth-order valence-corrected chi connectivity index (χ4v) is 4.53. The zero-order valence-electron chi connectivity index (χ0n) is 20.2. The number of hydrogen-bond donors (Lipinski definition) is 0. The molecule has 0 radical (unpaired) electrons. The van der Waals surface area contributed by atoms with Crippen LogP contribution in [0.15, 0.2) is 67.3 Å². The van der Waals surface area contributed by atoms with Gasteiger partial charge < -0.3 is 9.47 Å². The van der Waals surface area contributed by atoms with Crippen molar-refractivity contribution in [1.29, 1.82) is 0 Å². The topological polar surface area (TPSA) is 35.5 Å². The summed E-state index contributed by atoms with van der Waals surface area (Å²) in [6.07, 6.45) is 6.06. The van der Waals surface area contributed by atoms with Gasteiger partial charge in [-0.05, 0) is 66.5 Å². The van der Waals surface area contributed by atoms with Crippen molar-refractivity contribution in [3.63, 3.8) is 0 Å². The monoisotopic (exact) mass is 494 g/mol. The molecule has 0 aromatic heterocycles. The van der Waals surface area contributed by atoms with Crippen LogP contribution in [0.1, 0.15) is 60.9 Å². The zero-order chi connectivity index (χ0) is 25.7. The Kier molecular flexibility index (Phi) is 8.14. The van der Waals surface area contributed by atoms with E-state index in [1.54, 1.807) is 18.2 Å². The van der Waals surface area contributed by atoms with Gasteiger partial charge in [-0.15, -0.1) is 6.58 Å². The molecule has 0 aliphatic heterocycles. The SMILES string of the molecule is C=CCCOc1ccc(OC(=O)c2ccc(-c3ccc(C4CCC(C)CC4)c(F)c3F)cc2)c(F)c1. The van der Waals surface area contributed by atoms with Gasteiger partial charge in [0.1, 0.15) is 5.75 Å². The molecule has 6 heteroatoms. The number of halogens is 3. The Balaban J connectivity index is 1.45. The average Bonchev–Trinajstić information content (AvgIpc) is 2.88. The van der Waals surface area contributed by atoms with Crippen LogP contribution >= 0.6 is 0 Å². The molecule has 0 atom stereocenters. The highest BCUT2D eigenvalue weighted by Crippen LogP contribution is 2.38. The molecule has 1 aliphatic carbocycles. The normalized spacial score (nSPS) is 17.4. The van der Waals surface area contributed by atoms with Crippen LogP contribution in [0.25, 0.3) is 11.1 Å². The fourth-order valence-electron chi connectivity index (χ4n) is 4.53. The van der Waals surface area contributed by atoms with Gasteiger partial charge >= 0.3 is 5.97 Å². The smallest absolute Gasteiger partial charge is 0.343 e. The summed E-state index contributed by atoms with van der Waals surface area (Å²) in [5.74, 6) is -2.46. The molecule has 3 nitrogen and oxygen atoms in total. The summed E-state index contributed by atoms with van der Waals surface area (Å²) >= 11 is 0. The summed E-state index contributed by atoms with van der Waals surface area (Å²) < 4.78 is 54.8. The largest absolute Gasteiger partial charge is 0.493 e. The van der Waals surface area contributed by atoms with Gasteiger partial charge in [0.25, 0.3) is 0 Å². The van der Waals surface area contributed by atoms with Crippen molar-refractivity contribution in [2.24, 2.45) is 5.92 Å². The van der Waals surface area contributed by atoms with E-state index in [0.29, 0.717) is 35.8 Å². The van der Waals surface area contributed by atoms with Gasteiger partial charge in [-0.25, -0.2) is 18.0 Å². The molecule has 188 valence electrons. The molecular weight excluding hydrogens is 465 g/mol. The van der Waals surface area contributed by atoms with Gasteiger partial charge in [-0.2, -0.15) is 0 Å². The number of hydrogen-bond acceptors (Lipinski definition) is 3. The first kappa shape index (κ1) is 25.5. The molecular formula is C30H29F3O3. The number of carbonyl (C=O) groups excluding carboxylic acids is 1. The Labute approximate surface area is 209 Å². The Bertz CT molecular complexity index is 1230. The van der Waals surface area contributed by atoms with Crippen LogP contribution in [0.4, 0.5) is 13.2 Å². The Morgan fingerprint density at radius 2 is 1.69 bits per heavy atom. The molecule has 4 rings (SSSR count). The summed E-state index contributed by atoms with van der Waals surface area (Å²) in [5.41, 5.74) is 1.14. The minimum Gasteiger partial charge on any atom is -0.493 e. The predicted molar refractivity (Wildman–Crippen MR) is 134 cm³/mol. The van der Waals surface area contributed by atoms with Crippen LogP contribution in [0.2, 0.25) is 0 Å². The van der Waals surface area contributed by atoms with Gasteiger partial charge in [-0.1, -0.05) is 50.1 Å². The van der Waals surface area contributed by atoms with E-state index < -0.39 is 23.4 Å². The lowest BCUT2D eigenvalue weighted by atomic mass is 9.79. The molecule has 0 spiro atoms. The third-order valence-corrected chi connectivity index (χ3v) is 6.70. The van der Waals surface area contributed by atoms with Gasteiger partial charge in [0.2, 0.25) is 0 Å². The molecule has 0 saturated heterocycles. The minimum atomic E-state index is -0.890. The average molecular weight is 495 g/mol. The molecule has 0 N–H and O–H groups in total. The first-order chi connectivity index (χ1) is 17.4. The molecule has 36 heavy (non-hydrogen) atoms. The van der Waals surface area contributed by atoms with Crippen molar-refractivity contribution in [2.45, 2.75) is 44.9 Å². The second-order valence-electron chi connectivity index (χ2n) is 9.27. The highest BCUT2D eigenvalue weighted by atomic mass is 19.2. The molecule has 1 saturated carbocycles. The van der Waals surface area contributed by atoms with Crippen molar-refractivity contribution in [2.75, 3.05) is 6.61 Å². The fraction of sp³-hybridized carbons (Fsp3) is 0.300. The maximum absolute atomic E-state index is 15.0. The molecule has 3 aromatic rings. The molecule has 0 amide bonds. The lowest BCUT2D eigenvalue weighted by Gasteiger charge is -2.27. The molecule has 3 aromatic carbocycles. The van der Waals surface area contributed by atoms with Crippen LogP contribution in [0, 0.1) is 23.4 Å². The van der Waals surface area contributed by atoms with Gasteiger partial charge in [0.05, 0.1) is 12.2 Å². The Hall–Kier alpha value is -3.54. The first-order valence-electron chi connectivity index (χ1n) is 12.2. The molecule has 0 unspecified atom stereocenters. The molecule has 0 heterocycles. The van der Waals surface area contributed by atoms with E-state index in [4.69, 9.17) is 9.47 Å². The Morgan fingerprint density at radius 1 is 0.972 bits per heavy atom. The third-order valence-electron chi connectivity index (χ3n) is 6.70. The summed E-state index contributed by atoms with van der Waals surface area (Å²) in [4.78, 5) is 12.5. The summed E-state index contributed by atoms with van der Waals surface area (Å²) in [5, 5.41) is 0. The van der Waals surface area contributed by atoms with Crippen molar-refractivity contribution in [3.05, 3.63) is 95.8 Å².